The van der Waals surface area contributed by atoms with E-state index in [2.05, 4.69) is 10.2 Å². The van der Waals surface area contributed by atoms with E-state index in [1.807, 2.05) is 13.8 Å². The van der Waals surface area contributed by atoms with Gasteiger partial charge in [-0.3, -0.25) is 14.5 Å². The maximum absolute atomic E-state index is 12.0. The van der Waals surface area contributed by atoms with Crippen LogP contribution in [0.25, 0.3) is 0 Å². The lowest BCUT2D eigenvalue weighted by Crippen LogP contribution is -2.46. The van der Waals surface area contributed by atoms with Gasteiger partial charge in [-0.2, -0.15) is 0 Å². The summed E-state index contributed by atoms with van der Waals surface area (Å²) in [4.78, 5) is 25.4. The van der Waals surface area contributed by atoms with E-state index < -0.39 is 5.91 Å². The summed E-state index contributed by atoms with van der Waals surface area (Å²) in [6.45, 7) is 6.43. The molecule has 3 N–H and O–H groups in total. The molecule has 21 heavy (non-hydrogen) atoms. The molecule has 2 heterocycles. The number of morpholine rings is 1. The largest absolute Gasteiger partial charge is 0.373 e. The summed E-state index contributed by atoms with van der Waals surface area (Å²) in [7, 11) is 0. The fourth-order valence-electron chi connectivity index (χ4n) is 2.52. The Labute approximate surface area is 128 Å². The summed E-state index contributed by atoms with van der Waals surface area (Å²) in [6, 6.07) is 1.62. The second-order valence-corrected chi connectivity index (χ2v) is 6.26. The molecule has 0 spiro atoms. The number of thiophene rings is 1. The first-order valence-electron chi connectivity index (χ1n) is 7.00. The van der Waals surface area contributed by atoms with Crippen molar-refractivity contribution in [1.29, 1.82) is 0 Å². The van der Waals surface area contributed by atoms with E-state index in [0.717, 1.165) is 13.1 Å². The number of nitrogens with zero attached hydrogens (tertiary/aromatic N) is 1. The van der Waals surface area contributed by atoms with Crippen LogP contribution in [0.1, 0.15) is 30.6 Å². The molecule has 0 saturated carbocycles. The zero-order valence-corrected chi connectivity index (χ0v) is 13.1. The van der Waals surface area contributed by atoms with Gasteiger partial charge in [-0.05, 0) is 25.3 Å². The number of nitrogens with two attached hydrogens (primary N) is 1. The fourth-order valence-corrected chi connectivity index (χ4v) is 3.32. The molecule has 0 bridgehead atoms. The van der Waals surface area contributed by atoms with Crippen molar-refractivity contribution in [1.82, 2.24) is 4.90 Å². The minimum absolute atomic E-state index is 0.105. The Morgan fingerprint density at radius 3 is 2.71 bits per heavy atom. The van der Waals surface area contributed by atoms with Crippen LogP contribution in [0.4, 0.5) is 5.00 Å². The lowest BCUT2D eigenvalue weighted by molar-refractivity contribution is -0.117. The second kappa shape index (κ2) is 7.02. The average molecular weight is 311 g/mol. The van der Waals surface area contributed by atoms with Crippen LogP contribution >= 0.6 is 11.3 Å². The summed E-state index contributed by atoms with van der Waals surface area (Å²) in [5.74, 6) is -0.630. The summed E-state index contributed by atoms with van der Waals surface area (Å²) in [5, 5.41) is 5.02. The molecule has 0 unspecified atom stereocenters. The average Bonchev–Trinajstić information content (AvgIpc) is 2.83. The van der Waals surface area contributed by atoms with Gasteiger partial charge in [0.1, 0.15) is 5.00 Å². The number of carbonyl (C=O) groups is 2. The molecule has 2 rings (SSSR count). The summed E-state index contributed by atoms with van der Waals surface area (Å²) >= 11 is 1.30. The first-order valence-corrected chi connectivity index (χ1v) is 7.88. The second-order valence-electron chi connectivity index (χ2n) is 5.34. The first kappa shape index (κ1) is 15.9. The van der Waals surface area contributed by atoms with E-state index in [1.165, 1.54) is 11.3 Å². The van der Waals surface area contributed by atoms with Crippen molar-refractivity contribution in [2.24, 2.45) is 5.73 Å². The molecule has 1 aromatic rings. The number of anilines is 1. The topological polar surface area (TPSA) is 84.7 Å². The van der Waals surface area contributed by atoms with Gasteiger partial charge in [0, 0.05) is 26.1 Å². The number of ether oxygens (including phenoxy) is 1. The highest BCUT2D eigenvalue weighted by Gasteiger charge is 2.22. The van der Waals surface area contributed by atoms with Crippen molar-refractivity contribution in [3.8, 4) is 0 Å². The van der Waals surface area contributed by atoms with E-state index in [0.29, 0.717) is 23.5 Å². The number of nitrogens with one attached hydrogen (secondary N) is 1. The summed E-state index contributed by atoms with van der Waals surface area (Å²) in [6.07, 6.45) is 0.765. The third-order valence-corrected chi connectivity index (χ3v) is 4.16. The molecule has 2 atom stereocenters. The minimum Gasteiger partial charge on any atom is -0.373 e. The zero-order chi connectivity index (χ0) is 15.4. The normalized spacial score (nSPS) is 23.0. The fraction of sp³-hybridized carbons (Fsp3) is 0.571. The van der Waals surface area contributed by atoms with Crippen LogP contribution in [0, 0.1) is 0 Å². The standard InChI is InChI=1S/C14H21N3O3S/c1-9-7-17(8-10(2)20-9)5-3-12(18)16-14-11(13(15)19)4-6-21-14/h4,6,9-10H,3,5,7-8H2,1-2H3,(H2,15,19)(H,16,18)/t9-,10-/m1/s1. The van der Waals surface area contributed by atoms with Crippen molar-refractivity contribution in [3.63, 3.8) is 0 Å². The minimum atomic E-state index is -0.526. The van der Waals surface area contributed by atoms with E-state index in [9.17, 15) is 9.59 Å². The van der Waals surface area contributed by atoms with E-state index in [4.69, 9.17) is 10.5 Å². The molecular weight excluding hydrogens is 290 g/mol. The smallest absolute Gasteiger partial charge is 0.251 e. The molecule has 0 aromatic carbocycles. The maximum atomic E-state index is 12.0. The van der Waals surface area contributed by atoms with Gasteiger partial charge in [0.25, 0.3) is 5.91 Å². The molecule has 1 aliphatic heterocycles. The Morgan fingerprint density at radius 2 is 2.10 bits per heavy atom. The predicted octanol–water partition coefficient (Wildman–Crippen LogP) is 1.28. The summed E-state index contributed by atoms with van der Waals surface area (Å²) < 4.78 is 5.66. The number of rotatable bonds is 5. The third-order valence-electron chi connectivity index (χ3n) is 3.33. The molecule has 1 saturated heterocycles. The van der Waals surface area contributed by atoms with Gasteiger partial charge in [-0.1, -0.05) is 0 Å². The van der Waals surface area contributed by atoms with Crippen LogP contribution in [0.2, 0.25) is 0 Å². The Kier molecular flexibility index (Phi) is 5.33. The first-order chi connectivity index (χ1) is 9.95. The molecule has 116 valence electrons. The molecule has 2 amide bonds. The van der Waals surface area contributed by atoms with Crippen molar-refractivity contribution >= 4 is 28.2 Å². The number of primary amides is 1. The van der Waals surface area contributed by atoms with Gasteiger partial charge >= 0.3 is 0 Å². The van der Waals surface area contributed by atoms with E-state index >= 15 is 0 Å². The van der Waals surface area contributed by atoms with Crippen LogP contribution in [0.5, 0.6) is 0 Å². The molecule has 1 aliphatic rings. The van der Waals surface area contributed by atoms with Crippen LogP contribution in [-0.4, -0.2) is 48.6 Å². The number of carbonyl (C=O) groups excluding carboxylic acids is 2. The SMILES string of the molecule is C[C@@H]1CN(CCC(=O)Nc2sccc2C(N)=O)C[C@@H](C)O1. The van der Waals surface area contributed by atoms with Crippen LogP contribution < -0.4 is 11.1 Å². The van der Waals surface area contributed by atoms with Gasteiger partial charge in [-0.15, -0.1) is 11.3 Å². The van der Waals surface area contributed by atoms with E-state index in [1.54, 1.807) is 11.4 Å². The van der Waals surface area contributed by atoms with Crippen LogP contribution in [-0.2, 0) is 9.53 Å². The van der Waals surface area contributed by atoms with Crippen molar-refractivity contribution < 1.29 is 14.3 Å². The van der Waals surface area contributed by atoms with Gasteiger partial charge in [0.05, 0.1) is 17.8 Å². The highest BCUT2D eigenvalue weighted by molar-refractivity contribution is 7.14. The molecule has 1 aromatic heterocycles. The molecular formula is C14H21N3O3S. The van der Waals surface area contributed by atoms with Gasteiger partial charge in [0.15, 0.2) is 0 Å². The third kappa shape index (κ3) is 4.52. The van der Waals surface area contributed by atoms with Crippen molar-refractivity contribution in [3.05, 3.63) is 17.0 Å². The van der Waals surface area contributed by atoms with Crippen molar-refractivity contribution in [2.45, 2.75) is 32.5 Å². The summed E-state index contributed by atoms with van der Waals surface area (Å²) in [5.41, 5.74) is 5.61. The van der Waals surface area contributed by atoms with Gasteiger partial charge in [-0.25, -0.2) is 0 Å². The number of hydrogen-bond acceptors (Lipinski definition) is 5. The van der Waals surface area contributed by atoms with Gasteiger partial charge < -0.3 is 15.8 Å². The highest BCUT2D eigenvalue weighted by atomic mass is 32.1. The quantitative estimate of drug-likeness (QED) is 0.858. The van der Waals surface area contributed by atoms with E-state index in [-0.39, 0.29) is 18.1 Å². The number of amides is 2. The Morgan fingerprint density at radius 1 is 1.43 bits per heavy atom. The van der Waals surface area contributed by atoms with Crippen LogP contribution in [0.15, 0.2) is 11.4 Å². The molecule has 7 heteroatoms. The maximum Gasteiger partial charge on any atom is 0.251 e. The molecule has 0 radical (unpaired) electrons. The van der Waals surface area contributed by atoms with Gasteiger partial charge in [0.2, 0.25) is 5.91 Å². The molecule has 1 fully saturated rings. The Hall–Kier alpha value is -1.44. The lowest BCUT2D eigenvalue weighted by Gasteiger charge is -2.35. The van der Waals surface area contributed by atoms with Crippen molar-refractivity contribution in [2.75, 3.05) is 25.0 Å². The zero-order valence-electron chi connectivity index (χ0n) is 12.3. The lowest BCUT2D eigenvalue weighted by atomic mass is 10.2. The highest BCUT2D eigenvalue weighted by Crippen LogP contribution is 2.22. The monoisotopic (exact) mass is 311 g/mol. The van der Waals surface area contributed by atoms with Crippen LogP contribution in [0.3, 0.4) is 0 Å². The molecule has 0 aliphatic carbocycles. The number of hydrogen-bond donors (Lipinski definition) is 2. The molecule has 6 nitrogen and oxygen atoms in total. The predicted molar refractivity (Wildman–Crippen MR) is 82.5 cm³/mol. The Balaban J connectivity index is 1.82. The Bertz CT molecular complexity index is 507.